The van der Waals surface area contributed by atoms with E-state index in [0.29, 0.717) is 29.9 Å². The Morgan fingerprint density at radius 3 is 2.78 bits per heavy atom. The molecule has 0 unspecified atom stereocenters. The molecule has 1 aliphatic heterocycles. The molecule has 3 heterocycles. The van der Waals surface area contributed by atoms with E-state index in [4.69, 9.17) is 4.74 Å². The molecule has 3 atom stereocenters. The normalized spacial score (nSPS) is 21.0. The number of aliphatic hydroxyl groups is 1. The second kappa shape index (κ2) is 7.31. The van der Waals surface area contributed by atoms with E-state index in [1.54, 1.807) is 24.5 Å². The van der Waals surface area contributed by atoms with Crippen molar-refractivity contribution in [2.45, 2.75) is 25.2 Å². The maximum Gasteiger partial charge on any atom is 0.124 e. The van der Waals surface area contributed by atoms with Gasteiger partial charge in [-0.3, -0.25) is 9.97 Å². The summed E-state index contributed by atoms with van der Waals surface area (Å²) >= 11 is 0. The van der Waals surface area contributed by atoms with Crippen molar-refractivity contribution in [3.63, 3.8) is 0 Å². The molecule has 1 aromatic carbocycles. The van der Waals surface area contributed by atoms with Crippen LogP contribution >= 0.6 is 0 Å². The number of nitriles is 1. The molecule has 2 aromatic heterocycles. The molecule has 1 aliphatic rings. The van der Waals surface area contributed by atoms with E-state index in [1.807, 2.05) is 37.3 Å². The Morgan fingerprint density at radius 1 is 1.15 bits per heavy atom. The second-order valence-electron chi connectivity index (χ2n) is 6.73. The highest BCUT2D eigenvalue weighted by Gasteiger charge is 2.32. The van der Waals surface area contributed by atoms with Gasteiger partial charge in [-0.25, -0.2) is 0 Å². The van der Waals surface area contributed by atoms with Gasteiger partial charge in [-0.2, -0.15) is 5.26 Å². The van der Waals surface area contributed by atoms with Gasteiger partial charge in [0.1, 0.15) is 18.3 Å². The van der Waals surface area contributed by atoms with Crippen molar-refractivity contribution in [2.24, 2.45) is 0 Å². The van der Waals surface area contributed by atoms with E-state index in [1.165, 1.54) is 0 Å². The SMILES string of the molecule is C[C@@H]1CN(c2ccc(C#N)c3ncccc23)C[C@H]([C@@H](O)c2ccccn2)O1. The van der Waals surface area contributed by atoms with Crippen LogP contribution in [0, 0.1) is 11.3 Å². The average molecular weight is 360 g/mol. The third-order valence-corrected chi connectivity index (χ3v) is 4.84. The summed E-state index contributed by atoms with van der Waals surface area (Å²) in [6.07, 6.45) is 2.11. The first-order valence-corrected chi connectivity index (χ1v) is 8.94. The van der Waals surface area contributed by atoms with Crippen LogP contribution in [0.2, 0.25) is 0 Å². The number of anilines is 1. The Bertz CT molecular complexity index is 986. The third-order valence-electron chi connectivity index (χ3n) is 4.84. The Morgan fingerprint density at radius 2 is 2.00 bits per heavy atom. The zero-order valence-electron chi connectivity index (χ0n) is 15.0. The maximum absolute atomic E-state index is 10.8. The van der Waals surface area contributed by atoms with E-state index >= 15 is 0 Å². The van der Waals surface area contributed by atoms with E-state index in [9.17, 15) is 10.4 Å². The number of fused-ring (bicyclic) bond motifs is 1. The van der Waals surface area contributed by atoms with Crippen molar-refractivity contribution < 1.29 is 9.84 Å². The maximum atomic E-state index is 10.8. The summed E-state index contributed by atoms with van der Waals surface area (Å²) in [7, 11) is 0. The molecule has 0 bridgehead atoms. The van der Waals surface area contributed by atoms with Crippen LogP contribution in [0.25, 0.3) is 10.9 Å². The molecule has 136 valence electrons. The van der Waals surface area contributed by atoms with Crippen LogP contribution in [0.3, 0.4) is 0 Å². The van der Waals surface area contributed by atoms with Crippen molar-refractivity contribution in [1.82, 2.24) is 9.97 Å². The number of nitrogens with zero attached hydrogens (tertiary/aromatic N) is 4. The summed E-state index contributed by atoms with van der Waals surface area (Å²) in [4.78, 5) is 10.8. The van der Waals surface area contributed by atoms with Gasteiger partial charge in [0.15, 0.2) is 0 Å². The smallest absolute Gasteiger partial charge is 0.124 e. The predicted octanol–water partition coefficient (Wildman–Crippen LogP) is 2.83. The lowest BCUT2D eigenvalue weighted by molar-refractivity contribution is -0.0825. The van der Waals surface area contributed by atoms with Gasteiger partial charge in [0, 0.05) is 36.6 Å². The standard InChI is InChI=1S/C21H20N4O2/c1-14-12-25(13-19(27-14)21(26)17-6-2-3-9-23-17)18-8-7-15(11-22)20-16(18)5-4-10-24-20/h2-10,14,19,21,26H,12-13H2,1H3/t14-,19-,21+/m1/s1. The number of aliphatic hydroxyl groups excluding tert-OH is 1. The second-order valence-corrected chi connectivity index (χ2v) is 6.73. The topological polar surface area (TPSA) is 82.3 Å². The van der Waals surface area contributed by atoms with Gasteiger partial charge >= 0.3 is 0 Å². The largest absolute Gasteiger partial charge is 0.384 e. The highest BCUT2D eigenvalue weighted by molar-refractivity contribution is 5.95. The van der Waals surface area contributed by atoms with Gasteiger partial charge in [0.2, 0.25) is 0 Å². The number of rotatable bonds is 3. The van der Waals surface area contributed by atoms with Crippen molar-refractivity contribution in [2.75, 3.05) is 18.0 Å². The predicted molar refractivity (Wildman–Crippen MR) is 102 cm³/mol. The molecule has 6 heteroatoms. The fourth-order valence-electron chi connectivity index (χ4n) is 3.62. The minimum Gasteiger partial charge on any atom is -0.384 e. The molecule has 0 saturated carbocycles. The van der Waals surface area contributed by atoms with Crippen LogP contribution < -0.4 is 4.90 Å². The molecule has 1 fully saturated rings. The zero-order chi connectivity index (χ0) is 18.8. The quantitative estimate of drug-likeness (QED) is 0.773. The molecule has 0 spiro atoms. The molecule has 3 aromatic rings. The Hall–Kier alpha value is -3.01. The summed E-state index contributed by atoms with van der Waals surface area (Å²) in [5, 5.41) is 21.0. The molecule has 0 radical (unpaired) electrons. The van der Waals surface area contributed by atoms with E-state index < -0.39 is 12.2 Å². The summed E-state index contributed by atoms with van der Waals surface area (Å²) in [6, 6.07) is 15.3. The van der Waals surface area contributed by atoms with E-state index in [0.717, 1.165) is 11.1 Å². The van der Waals surface area contributed by atoms with Gasteiger partial charge in [-0.05, 0) is 43.3 Å². The zero-order valence-corrected chi connectivity index (χ0v) is 15.0. The summed E-state index contributed by atoms with van der Waals surface area (Å²) in [6.45, 7) is 3.22. The highest BCUT2D eigenvalue weighted by Crippen LogP contribution is 2.32. The van der Waals surface area contributed by atoms with Crippen LogP contribution in [-0.2, 0) is 4.74 Å². The molecule has 1 N–H and O–H groups in total. The first kappa shape index (κ1) is 17.4. The van der Waals surface area contributed by atoms with Gasteiger partial charge < -0.3 is 14.7 Å². The van der Waals surface area contributed by atoms with Crippen LogP contribution in [0.15, 0.2) is 54.9 Å². The van der Waals surface area contributed by atoms with Gasteiger partial charge in [-0.15, -0.1) is 0 Å². The molecular weight excluding hydrogens is 340 g/mol. The van der Waals surface area contributed by atoms with Crippen LogP contribution in [0.4, 0.5) is 5.69 Å². The summed E-state index contributed by atoms with van der Waals surface area (Å²) < 4.78 is 6.01. The van der Waals surface area contributed by atoms with Crippen LogP contribution in [-0.4, -0.2) is 40.4 Å². The number of pyridine rings is 2. The molecule has 1 saturated heterocycles. The molecule has 27 heavy (non-hydrogen) atoms. The van der Waals surface area contributed by atoms with Crippen molar-refractivity contribution in [1.29, 1.82) is 5.26 Å². The number of hydrogen-bond donors (Lipinski definition) is 1. The lowest BCUT2D eigenvalue weighted by atomic mass is 10.0. The summed E-state index contributed by atoms with van der Waals surface area (Å²) in [5.74, 6) is 0. The lowest BCUT2D eigenvalue weighted by Gasteiger charge is -2.40. The molecule has 0 amide bonds. The Kier molecular flexibility index (Phi) is 4.71. The minimum atomic E-state index is -0.806. The van der Waals surface area contributed by atoms with Crippen molar-refractivity contribution in [3.8, 4) is 6.07 Å². The van der Waals surface area contributed by atoms with Crippen molar-refractivity contribution >= 4 is 16.6 Å². The molecule has 6 nitrogen and oxygen atoms in total. The van der Waals surface area contributed by atoms with Gasteiger partial charge in [-0.1, -0.05) is 6.07 Å². The van der Waals surface area contributed by atoms with E-state index in [2.05, 4.69) is 20.9 Å². The number of aromatic nitrogens is 2. The fraction of sp³-hybridized carbons (Fsp3) is 0.286. The number of hydrogen-bond acceptors (Lipinski definition) is 6. The number of morpholine rings is 1. The Labute approximate surface area is 157 Å². The average Bonchev–Trinajstić information content (AvgIpc) is 2.72. The van der Waals surface area contributed by atoms with E-state index in [-0.39, 0.29) is 6.10 Å². The van der Waals surface area contributed by atoms with Crippen LogP contribution in [0.5, 0.6) is 0 Å². The molecular formula is C21H20N4O2. The van der Waals surface area contributed by atoms with Gasteiger partial charge in [0.25, 0.3) is 0 Å². The number of ether oxygens (including phenoxy) is 1. The fourth-order valence-corrected chi connectivity index (χ4v) is 3.62. The van der Waals surface area contributed by atoms with Gasteiger partial charge in [0.05, 0.1) is 22.9 Å². The lowest BCUT2D eigenvalue weighted by Crippen LogP contribution is -2.49. The first-order valence-electron chi connectivity index (χ1n) is 8.94. The number of benzene rings is 1. The monoisotopic (exact) mass is 360 g/mol. The molecule has 4 rings (SSSR count). The minimum absolute atomic E-state index is 0.0514. The highest BCUT2D eigenvalue weighted by atomic mass is 16.5. The molecule has 0 aliphatic carbocycles. The van der Waals surface area contributed by atoms with Crippen molar-refractivity contribution in [3.05, 3.63) is 66.1 Å². The first-order chi connectivity index (χ1) is 13.2. The third kappa shape index (κ3) is 3.35. The Balaban J connectivity index is 1.68. The summed E-state index contributed by atoms with van der Waals surface area (Å²) in [5.41, 5.74) is 2.84. The van der Waals surface area contributed by atoms with Crippen LogP contribution in [0.1, 0.15) is 24.3 Å².